The van der Waals surface area contributed by atoms with E-state index in [1.54, 1.807) is 13.0 Å². The lowest BCUT2D eigenvalue weighted by atomic mass is 10.1. The van der Waals surface area contributed by atoms with Crippen molar-refractivity contribution in [2.45, 2.75) is 40.2 Å². The summed E-state index contributed by atoms with van der Waals surface area (Å²) < 4.78 is 0. The van der Waals surface area contributed by atoms with Crippen LogP contribution in [0, 0.1) is 13.8 Å². The molecule has 0 aliphatic heterocycles. The van der Waals surface area contributed by atoms with Crippen LogP contribution in [0.3, 0.4) is 0 Å². The number of rotatable bonds is 7. The topological polar surface area (TPSA) is 65.5 Å². The Hall–Kier alpha value is -1.62. The first kappa shape index (κ1) is 16.4. The summed E-state index contributed by atoms with van der Waals surface area (Å²) in [7, 11) is 2.09. The number of carbonyl (C=O) groups is 1. The average molecular weight is 279 g/mol. The molecule has 0 unspecified atom stereocenters. The number of nitrogens with zero attached hydrogens (tertiary/aromatic N) is 2. The summed E-state index contributed by atoms with van der Waals surface area (Å²) in [4.78, 5) is 17.8. The molecule has 1 aromatic heterocycles. The quantitative estimate of drug-likeness (QED) is 0.751. The lowest BCUT2D eigenvalue weighted by Gasteiger charge is -2.21. The van der Waals surface area contributed by atoms with Gasteiger partial charge in [0.25, 0.3) is 0 Å². The molecule has 1 aromatic rings. The van der Waals surface area contributed by atoms with Gasteiger partial charge in [0.2, 0.25) is 0 Å². The predicted octanol–water partition coefficient (Wildman–Crippen LogP) is 2.54. The highest BCUT2D eigenvalue weighted by Crippen LogP contribution is 2.19. The molecule has 1 rings (SSSR count). The Morgan fingerprint density at radius 3 is 2.65 bits per heavy atom. The van der Waals surface area contributed by atoms with E-state index in [9.17, 15) is 9.90 Å². The Morgan fingerprint density at radius 2 is 2.10 bits per heavy atom. The first-order valence-electron chi connectivity index (χ1n) is 6.98. The summed E-state index contributed by atoms with van der Waals surface area (Å²) >= 11 is 0. The number of carboxylic acid groups (broad SMARTS) is 1. The van der Waals surface area contributed by atoms with Gasteiger partial charge >= 0.3 is 5.97 Å². The van der Waals surface area contributed by atoms with Crippen LogP contribution in [0.15, 0.2) is 6.07 Å². The third-order valence-electron chi connectivity index (χ3n) is 3.43. The molecule has 0 saturated heterocycles. The molecule has 2 N–H and O–H groups in total. The van der Waals surface area contributed by atoms with Crippen LogP contribution in [0.1, 0.15) is 42.0 Å². The van der Waals surface area contributed by atoms with Crippen LogP contribution < -0.4 is 5.32 Å². The molecule has 0 aliphatic rings. The molecule has 0 spiro atoms. The van der Waals surface area contributed by atoms with Crippen LogP contribution in [0.4, 0.5) is 5.69 Å². The maximum atomic E-state index is 11.3. The van der Waals surface area contributed by atoms with E-state index in [1.165, 1.54) is 0 Å². The monoisotopic (exact) mass is 279 g/mol. The third kappa shape index (κ3) is 4.49. The minimum absolute atomic E-state index is 0.271. The highest BCUT2D eigenvalue weighted by atomic mass is 16.4. The zero-order chi connectivity index (χ0) is 15.3. The van der Waals surface area contributed by atoms with E-state index in [0.29, 0.717) is 17.4 Å². The van der Waals surface area contributed by atoms with Crippen LogP contribution in [0.25, 0.3) is 0 Å². The minimum Gasteiger partial charge on any atom is -0.478 e. The van der Waals surface area contributed by atoms with Crippen LogP contribution in [-0.4, -0.2) is 47.1 Å². The van der Waals surface area contributed by atoms with Gasteiger partial charge in [0.05, 0.1) is 11.4 Å². The standard InChI is InChI=1S/C15H25N3O2/c1-10(2)18(5)8-6-7-16-13-9-11(3)17-12(4)14(13)15(19)20/h9-10H,6-8H2,1-5H3,(H,16,17)(H,19,20). The molecule has 0 amide bonds. The molecular weight excluding hydrogens is 254 g/mol. The molecule has 0 fully saturated rings. The second-order valence-corrected chi connectivity index (χ2v) is 5.43. The summed E-state index contributed by atoms with van der Waals surface area (Å²) in [6, 6.07) is 2.32. The van der Waals surface area contributed by atoms with Gasteiger partial charge in [-0.1, -0.05) is 0 Å². The normalized spacial score (nSPS) is 11.2. The highest BCUT2D eigenvalue weighted by Gasteiger charge is 2.15. The van der Waals surface area contributed by atoms with Gasteiger partial charge in [0.1, 0.15) is 5.56 Å². The maximum absolute atomic E-state index is 11.3. The number of hydrogen-bond acceptors (Lipinski definition) is 4. The van der Waals surface area contributed by atoms with E-state index in [2.05, 4.69) is 36.1 Å². The van der Waals surface area contributed by atoms with Gasteiger partial charge in [-0.2, -0.15) is 0 Å². The van der Waals surface area contributed by atoms with Crippen molar-refractivity contribution in [1.82, 2.24) is 9.88 Å². The molecule has 0 atom stereocenters. The Bertz CT molecular complexity index is 472. The van der Waals surface area contributed by atoms with Crippen molar-refractivity contribution in [1.29, 1.82) is 0 Å². The SMILES string of the molecule is Cc1cc(NCCCN(C)C(C)C)c(C(=O)O)c(C)n1. The molecule has 0 radical (unpaired) electrons. The van der Waals surface area contributed by atoms with Gasteiger partial charge in [-0.25, -0.2) is 4.79 Å². The number of pyridine rings is 1. The molecule has 5 heteroatoms. The molecule has 0 bridgehead atoms. The van der Waals surface area contributed by atoms with Gasteiger partial charge in [-0.05, 0) is 53.8 Å². The molecule has 0 aromatic carbocycles. The van der Waals surface area contributed by atoms with Crippen molar-refractivity contribution in [3.05, 3.63) is 23.0 Å². The second kappa shape index (κ2) is 7.24. The fourth-order valence-corrected chi connectivity index (χ4v) is 2.05. The number of anilines is 1. The second-order valence-electron chi connectivity index (χ2n) is 5.43. The van der Waals surface area contributed by atoms with Gasteiger partial charge < -0.3 is 15.3 Å². The van der Waals surface area contributed by atoms with Crippen LogP contribution in [0.5, 0.6) is 0 Å². The Morgan fingerprint density at radius 1 is 1.45 bits per heavy atom. The number of aryl methyl sites for hydroxylation is 2. The number of nitrogens with one attached hydrogen (secondary N) is 1. The van der Waals surface area contributed by atoms with Gasteiger partial charge in [0, 0.05) is 18.3 Å². The van der Waals surface area contributed by atoms with E-state index in [4.69, 9.17) is 0 Å². The third-order valence-corrected chi connectivity index (χ3v) is 3.43. The summed E-state index contributed by atoms with van der Waals surface area (Å²) in [5.41, 5.74) is 2.32. The molecule has 5 nitrogen and oxygen atoms in total. The van der Waals surface area contributed by atoms with Crippen LogP contribution in [0.2, 0.25) is 0 Å². The fourth-order valence-electron chi connectivity index (χ4n) is 2.05. The zero-order valence-corrected chi connectivity index (χ0v) is 13.0. The molecule has 1 heterocycles. The molecule has 112 valence electrons. The average Bonchev–Trinajstić information content (AvgIpc) is 2.32. The molecule has 0 aliphatic carbocycles. The maximum Gasteiger partial charge on any atom is 0.339 e. The highest BCUT2D eigenvalue weighted by molar-refractivity contribution is 5.95. The predicted molar refractivity (Wildman–Crippen MR) is 81.5 cm³/mol. The van der Waals surface area contributed by atoms with Crippen molar-refractivity contribution in [3.63, 3.8) is 0 Å². The van der Waals surface area contributed by atoms with E-state index < -0.39 is 5.97 Å². The van der Waals surface area contributed by atoms with E-state index in [0.717, 1.165) is 25.2 Å². The van der Waals surface area contributed by atoms with Gasteiger partial charge in [-0.3, -0.25) is 4.98 Å². The summed E-state index contributed by atoms with van der Waals surface area (Å²) in [6.45, 7) is 9.65. The van der Waals surface area contributed by atoms with E-state index in [1.807, 2.05) is 6.92 Å². The Kier molecular flexibility index (Phi) is 5.95. The smallest absolute Gasteiger partial charge is 0.339 e. The summed E-state index contributed by atoms with van der Waals surface area (Å²) in [6.07, 6.45) is 0.966. The number of aromatic carboxylic acids is 1. The number of aromatic nitrogens is 1. The van der Waals surface area contributed by atoms with E-state index in [-0.39, 0.29) is 5.56 Å². The van der Waals surface area contributed by atoms with Gasteiger partial charge in [-0.15, -0.1) is 0 Å². The number of carboxylic acids is 1. The van der Waals surface area contributed by atoms with Crippen molar-refractivity contribution in [3.8, 4) is 0 Å². The van der Waals surface area contributed by atoms with Crippen molar-refractivity contribution in [2.24, 2.45) is 0 Å². The van der Waals surface area contributed by atoms with E-state index >= 15 is 0 Å². The first-order valence-corrected chi connectivity index (χ1v) is 6.98. The molecular formula is C15H25N3O2. The minimum atomic E-state index is -0.934. The zero-order valence-electron chi connectivity index (χ0n) is 13.0. The summed E-state index contributed by atoms with van der Waals surface area (Å²) in [5.74, 6) is -0.934. The van der Waals surface area contributed by atoms with Crippen molar-refractivity contribution in [2.75, 3.05) is 25.5 Å². The van der Waals surface area contributed by atoms with Crippen molar-refractivity contribution >= 4 is 11.7 Å². The Balaban J connectivity index is 2.66. The fraction of sp³-hybridized carbons (Fsp3) is 0.600. The Labute approximate surface area is 121 Å². The van der Waals surface area contributed by atoms with Crippen molar-refractivity contribution < 1.29 is 9.90 Å². The van der Waals surface area contributed by atoms with Gasteiger partial charge in [0.15, 0.2) is 0 Å². The first-order chi connectivity index (χ1) is 9.32. The number of hydrogen-bond donors (Lipinski definition) is 2. The summed E-state index contributed by atoms with van der Waals surface area (Å²) in [5, 5.41) is 12.5. The molecule has 20 heavy (non-hydrogen) atoms. The largest absolute Gasteiger partial charge is 0.478 e. The lowest BCUT2D eigenvalue weighted by Crippen LogP contribution is -2.28. The molecule has 0 saturated carbocycles. The lowest BCUT2D eigenvalue weighted by molar-refractivity contribution is 0.0696. The van der Waals surface area contributed by atoms with Crippen LogP contribution in [-0.2, 0) is 0 Å². The van der Waals surface area contributed by atoms with Crippen LogP contribution >= 0.6 is 0 Å².